The normalized spacial score (nSPS) is 10.6. The van der Waals surface area contributed by atoms with Crippen molar-refractivity contribution in [3.8, 4) is 17.1 Å². The van der Waals surface area contributed by atoms with Gasteiger partial charge in [-0.2, -0.15) is 5.10 Å². The maximum absolute atomic E-state index is 12.6. The number of nitrogens with zero attached hydrogens (tertiary/aromatic N) is 5. The quantitative estimate of drug-likeness (QED) is 0.613. The van der Waals surface area contributed by atoms with Crippen molar-refractivity contribution in [3.05, 3.63) is 72.3 Å². The minimum Gasteiger partial charge on any atom is -0.296 e. The SMILES string of the molecule is O=C(Nc1nc(-c2ccccn2)cs1)c1ccnn1-c1ccncc1. The van der Waals surface area contributed by atoms with Crippen LogP contribution in [0.5, 0.6) is 0 Å². The third-order valence-corrected chi connectivity index (χ3v) is 4.19. The summed E-state index contributed by atoms with van der Waals surface area (Å²) in [4.78, 5) is 25.2. The topological polar surface area (TPSA) is 85.6 Å². The zero-order chi connectivity index (χ0) is 17.1. The van der Waals surface area contributed by atoms with E-state index in [0.29, 0.717) is 10.8 Å². The number of anilines is 1. The lowest BCUT2D eigenvalue weighted by atomic mass is 10.3. The molecule has 0 aliphatic rings. The smallest absolute Gasteiger partial charge is 0.276 e. The van der Waals surface area contributed by atoms with Crippen molar-refractivity contribution in [3.63, 3.8) is 0 Å². The fraction of sp³-hybridized carbons (Fsp3) is 0. The number of pyridine rings is 2. The van der Waals surface area contributed by atoms with Crippen molar-refractivity contribution < 1.29 is 4.79 Å². The standard InChI is InChI=1S/C17H12N6OS/c24-16(15-6-10-20-23(15)12-4-8-18-9-5-12)22-17-21-14(11-25-17)13-3-1-2-7-19-13/h1-11H,(H,21,22,24). The van der Waals surface area contributed by atoms with Crippen LogP contribution in [0, 0.1) is 0 Å². The number of carbonyl (C=O) groups is 1. The predicted molar refractivity (Wildman–Crippen MR) is 94.7 cm³/mol. The highest BCUT2D eigenvalue weighted by Gasteiger charge is 2.15. The molecule has 0 saturated carbocycles. The number of amides is 1. The Bertz CT molecular complexity index is 996. The number of rotatable bonds is 4. The van der Waals surface area contributed by atoms with Gasteiger partial charge in [0.25, 0.3) is 5.91 Å². The molecule has 1 N–H and O–H groups in total. The van der Waals surface area contributed by atoms with Gasteiger partial charge in [-0.15, -0.1) is 11.3 Å². The van der Waals surface area contributed by atoms with Gasteiger partial charge in [0.15, 0.2) is 5.13 Å². The molecule has 0 bridgehead atoms. The number of hydrogen-bond acceptors (Lipinski definition) is 6. The molecule has 0 aromatic carbocycles. The van der Waals surface area contributed by atoms with Crippen molar-refractivity contribution in [2.45, 2.75) is 0 Å². The summed E-state index contributed by atoms with van der Waals surface area (Å²) in [5.74, 6) is -0.281. The second kappa shape index (κ2) is 6.62. The van der Waals surface area contributed by atoms with Gasteiger partial charge in [-0.1, -0.05) is 6.07 Å². The lowest BCUT2D eigenvalue weighted by Gasteiger charge is -2.06. The minimum atomic E-state index is -0.281. The van der Waals surface area contributed by atoms with E-state index in [0.717, 1.165) is 17.1 Å². The zero-order valence-corrected chi connectivity index (χ0v) is 13.7. The van der Waals surface area contributed by atoms with E-state index in [4.69, 9.17) is 0 Å². The zero-order valence-electron chi connectivity index (χ0n) is 12.9. The van der Waals surface area contributed by atoms with Gasteiger partial charge in [-0.3, -0.25) is 20.1 Å². The Morgan fingerprint density at radius 3 is 2.68 bits per heavy atom. The van der Waals surface area contributed by atoms with Crippen molar-refractivity contribution in [1.82, 2.24) is 24.7 Å². The predicted octanol–water partition coefficient (Wildman–Crippen LogP) is 3.04. The lowest BCUT2D eigenvalue weighted by molar-refractivity contribution is 0.101. The molecule has 7 nitrogen and oxygen atoms in total. The van der Waals surface area contributed by atoms with Crippen LogP contribution in [0.15, 0.2) is 66.6 Å². The van der Waals surface area contributed by atoms with Crippen molar-refractivity contribution >= 4 is 22.4 Å². The van der Waals surface area contributed by atoms with E-state index in [1.807, 2.05) is 23.6 Å². The highest BCUT2D eigenvalue weighted by Crippen LogP contribution is 2.23. The first kappa shape index (κ1) is 15.2. The molecule has 0 aliphatic carbocycles. The Labute approximate surface area is 147 Å². The molecule has 4 rings (SSSR count). The fourth-order valence-electron chi connectivity index (χ4n) is 2.29. The molecule has 0 fully saturated rings. The van der Waals surface area contributed by atoms with E-state index in [9.17, 15) is 4.79 Å². The average Bonchev–Trinajstić information content (AvgIpc) is 3.33. The Morgan fingerprint density at radius 2 is 1.88 bits per heavy atom. The molecule has 0 aliphatic heterocycles. The highest BCUT2D eigenvalue weighted by atomic mass is 32.1. The molecule has 0 saturated heterocycles. The van der Waals surface area contributed by atoms with Gasteiger partial charge in [0.2, 0.25) is 0 Å². The molecule has 8 heteroatoms. The molecule has 4 aromatic rings. The van der Waals surface area contributed by atoms with E-state index in [1.54, 1.807) is 47.7 Å². The Morgan fingerprint density at radius 1 is 1.00 bits per heavy atom. The molecule has 122 valence electrons. The van der Waals surface area contributed by atoms with E-state index >= 15 is 0 Å². The van der Waals surface area contributed by atoms with Gasteiger partial charge < -0.3 is 0 Å². The van der Waals surface area contributed by atoms with Crippen LogP contribution in [0.4, 0.5) is 5.13 Å². The Kier molecular flexibility index (Phi) is 4.01. The molecule has 4 heterocycles. The summed E-state index contributed by atoms with van der Waals surface area (Å²) in [5, 5.41) is 9.38. The van der Waals surface area contributed by atoms with Crippen LogP contribution in [-0.4, -0.2) is 30.6 Å². The van der Waals surface area contributed by atoms with Crippen LogP contribution in [0.2, 0.25) is 0 Å². The Hall–Kier alpha value is -3.39. The molecule has 25 heavy (non-hydrogen) atoms. The van der Waals surface area contributed by atoms with Crippen LogP contribution in [0.25, 0.3) is 17.1 Å². The molecular formula is C17H12N6OS. The molecule has 1 amide bonds. The van der Waals surface area contributed by atoms with E-state index in [-0.39, 0.29) is 5.91 Å². The maximum Gasteiger partial charge on any atom is 0.276 e. The van der Waals surface area contributed by atoms with Crippen LogP contribution in [-0.2, 0) is 0 Å². The van der Waals surface area contributed by atoms with Gasteiger partial charge in [0, 0.05) is 24.0 Å². The summed E-state index contributed by atoms with van der Waals surface area (Å²) in [6, 6.07) is 10.8. The third kappa shape index (κ3) is 3.15. The molecule has 0 spiro atoms. The van der Waals surface area contributed by atoms with Crippen LogP contribution in [0.1, 0.15) is 10.5 Å². The summed E-state index contributed by atoms with van der Waals surface area (Å²) in [6.45, 7) is 0. The number of hydrogen-bond donors (Lipinski definition) is 1. The van der Waals surface area contributed by atoms with Crippen molar-refractivity contribution in [2.24, 2.45) is 0 Å². The van der Waals surface area contributed by atoms with E-state index in [2.05, 4.69) is 25.4 Å². The third-order valence-electron chi connectivity index (χ3n) is 3.43. The molecule has 0 unspecified atom stereocenters. The number of nitrogens with one attached hydrogen (secondary N) is 1. The first-order valence-corrected chi connectivity index (χ1v) is 8.32. The maximum atomic E-state index is 12.6. The van der Waals surface area contributed by atoms with Gasteiger partial charge >= 0.3 is 0 Å². The summed E-state index contributed by atoms with van der Waals surface area (Å²) < 4.78 is 1.56. The number of thiazole rings is 1. The number of carbonyl (C=O) groups excluding carboxylic acids is 1. The van der Waals surface area contributed by atoms with Gasteiger partial charge in [0.1, 0.15) is 11.4 Å². The van der Waals surface area contributed by atoms with Crippen LogP contribution in [0.3, 0.4) is 0 Å². The summed E-state index contributed by atoms with van der Waals surface area (Å²) in [5.41, 5.74) is 2.67. The summed E-state index contributed by atoms with van der Waals surface area (Å²) in [7, 11) is 0. The van der Waals surface area contributed by atoms with E-state index < -0.39 is 0 Å². The monoisotopic (exact) mass is 348 g/mol. The average molecular weight is 348 g/mol. The lowest BCUT2D eigenvalue weighted by Crippen LogP contribution is -2.16. The number of aromatic nitrogens is 5. The second-order valence-electron chi connectivity index (χ2n) is 5.04. The first-order chi connectivity index (χ1) is 12.3. The minimum absolute atomic E-state index is 0.281. The molecule has 4 aromatic heterocycles. The van der Waals surface area contributed by atoms with Gasteiger partial charge in [0.05, 0.1) is 17.6 Å². The summed E-state index contributed by atoms with van der Waals surface area (Å²) in [6.07, 6.45) is 6.59. The molecule has 0 atom stereocenters. The van der Waals surface area contributed by atoms with E-state index in [1.165, 1.54) is 11.3 Å². The molecule has 0 radical (unpaired) electrons. The van der Waals surface area contributed by atoms with Crippen molar-refractivity contribution in [2.75, 3.05) is 5.32 Å². The second-order valence-corrected chi connectivity index (χ2v) is 5.90. The van der Waals surface area contributed by atoms with Crippen LogP contribution >= 0.6 is 11.3 Å². The van der Waals surface area contributed by atoms with Gasteiger partial charge in [-0.25, -0.2) is 9.67 Å². The largest absolute Gasteiger partial charge is 0.296 e. The van der Waals surface area contributed by atoms with Crippen LogP contribution < -0.4 is 5.32 Å². The van der Waals surface area contributed by atoms with Crippen molar-refractivity contribution in [1.29, 1.82) is 0 Å². The first-order valence-electron chi connectivity index (χ1n) is 7.44. The highest BCUT2D eigenvalue weighted by molar-refractivity contribution is 7.14. The summed E-state index contributed by atoms with van der Waals surface area (Å²) >= 11 is 1.35. The fourth-order valence-corrected chi connectivity index (χ4v) is 2.99. The Balaban J connectivity index is 1.56. The molecular weight excluding hydrogens is 336 g/mol. The van der Waals surface area contributed by atoms with Gasteiger partial charge in [-0.05, 0) is 30.3 Å².